The molecule has 1 fully saturated rings. The van der Waals surface area contributed by atoms with Crippen molar-refractivity contribution in [1.29, 1.82) is 0 Å². The normalized spacial score (nSPS) is 17.2. The minimum absolute atomic E-state index is 0.338. The van der Waals surface area contributed by atoms with Crippen molar-refractivity contribution >= 4 is 22.7 Å². The second-order valence-electron chi connectivity index (χ2n) is 7.61. The van der Waals surface area contributed by atoms with Gasteiger partial charge in [0, 0.05) is 28.9 Å². The Balaban J connectivity index is 1.77. The first kappa shape index (κ1) is 19.1. The summed E-state index contributed by atoms with van der Waals surface area (Å²) in [7, 11) is 2.14. The maximum absolute atomic E-state index is 11.4. The van der Waals surface area contributed by atoms with E-state index in [0.717, 1.165) is 48.1 Å². The van der Waals surface area contributed by atoms with Gasteiger partial charge in [0.2, 0.25) is 0 Å². The topological polar surface area (TPSA) is 93.4 Å². The number of rotatable bonds is 4. The molecule has 0 aliphatic carbocycles. The minimum Gasteiger partial charge on any atom is -0.410 e. The number of hydrogen-bond donors (Lipinski definition) is 2. The van der Waals surface area contributed by atoms with Gasteiger partial charge in [-0.1, -0.05) is 30.3 Å². The van der Waals surface area contributed by atoms with E-state index in [1.807, 2.05) is 43.3 Å². The molecule has 7 nitrogen and oxygen atoms in total. The fraction of sp³-hybridized carbons (Fsp3) is 0.318. The Kier molecular flexibility index (Phi) is 5.31. The molecular weight excluding hydrogens is 366 g/mol. The average Bonchev–Trinajstić information content (AvgIpc) is 2.68. The first-order valence-electron chi connectivity index (χ1n) is 9.80. The molecule has 1 aliphatic heterocycles. The second kappa shape index (κ2) is 8.05. The maximum Gasteiger partial charge on any atom is 0.409 e. The standard InChI is InChI=1S/C22H25N5O2/c1-14-9-10-18(19(12-14)29-22(23)28)20-16-7-3-4-8-17(16)21(26-25-20)24-15-6-5-11-27(2)13-15/h3-4,7-10,12,15H,5-6,11,13H2,1-2H3,(H2,23,28)(H,24,26). The SMILES string of the molecule is Cc1ccc(-c2nnc(NC3CCCN(C)C3)c3ccccc23)c(OC(N)=O)c1. The van der Waals surface area contributed by atoms with Gasteiger partial charge in [0.25, 0.3) is 0 Å². The van der Waals surface area contributed by atoms with Crippen LogP contribution in [0.4, 0.5) is 10.6 Å². The Labute approximate surface area is 169 Å². The predicted molar refractivity (Wildman–Crippen MR) is 114 cm³/mol. The molecular formula is C22H25N5O2. The first-order valence-corrected chi connectivity index (χ1v) is 9.80. The largest absolute Gasteiger partial charge is 0.410 e. The molecule has 3 N–H and O–H groups in total. The van der Waals surface area contributed by atoms with Gasteiger partial charge in [-0.25, -0.2) is 4.79 Å². The van der Waals surface area contributed by atoms with E-state index < -0.39 is 6.09 Å². The molecule has 150 valence electrons. The lowest BCUT2D eigenvalue weighted by atomic mass is 10.0. The van der Waals surface area contributed by atoms with Crippen LogP contribution in [-0.4, -0.2) is 47.4 Å². The lowest BCUT2D eigenvalue weighted by molar-refractivity contribution is 0.211. The monoisotopic (exact) mass is 391 g/mol. The van der Waals surface area contributed by atoms with Crippen LogP contribution >= 0.6 is 0 Å². The van der Waals surface area contributed by atoms with Crippen LogP contribution in [0.25, 0.3) is 22.0 Å². The molecule has 2 aromatic carbocycles. The minimum atomic E-state index is -0.853. The predicted octanol–water partition coefficient (Wildman–Crippen LogP) is 3.57. The molecule has 1 atom stereocenters. The number of hydrogen-bond acceptors (Lipinski definition) is 6. The van der Waals surface area contributed by atoms with Crippen LogP contribution in [0.3, 0.4) is 0 Å². The highest BCUT2D eigenvalue weighted by atomic mass is 16.5. The number of likely N-dealkylation sites (N-methyl/N-ethyl adjacent to an activating group) is 1. The average molecular weight is 391 g/mol. The molecule has 29 heavy (non-hydrogen) atoms. The van der Waals surface area contributed by atoms with Crippen molar-refractivity contribution < 1.29 is 9.53 Å². The van der Waals surface area contributed by atoms with E-state index in [0.29, 0.717) is 23.0 Å². The van der Waals surface area contributed by atoms with Crippen molar-refractivity contribution in [3.05, 3.63) is 48.0 Å². The molecule has 2 heterocycles. The number of primary amides is 1. The second-order valence-corrected chi connectivity index (χ2v) is 7.61. The number of carbonyl (C=O) groups excluding carboxylic acids is 1. The van der Waals surface area contributed by atoms with E-state index in [9.17, 15) is 4.79 Å². The number of aromatic nitrogens is 2. The zero-order chi connectivity index (χ0) is 20.4. The van der Waals surface area contributed by atoms with E-state index in [4.69, 9.17) is 10.5 Å². The van der Waals surface area contributed by atoms with Gasteiger partial charge in [0.1, 0.15) is 11.4 Å². The summed E-state index contributed by atoms with van der Waals surface area (Å²) in [6.45, 7) is 4.03. The molecule has 1 amide bonds. The number of nitrogens with zero attached hydrogens (tertiary/aromatic N) is 3. The number of piperidine rings is 1. The van der Waals surface area contributed by atoms with E-state index in [1.165, 1.54) is 0 Å². The zero-order valence-electron chi connectivity index (χ0n) is 16.7. The van der Waals surface area contributed by atoms with E-state index >= 15 is 0 Å². The number of anilines is 1. The van der Waals surface area contributed by atoms with Gasteiger partial charge in [-0.05, 0) is 51.1 Å². The number of carbonyl (C=O) groups is 1. The highest BCUT2D eigenvalue weighted by Crippen LogP contribution is 2.36. The summed E-state index contributed by atoms with van der Waals surface area (Å²) in [5.41, 5.74) is 7.56. The van der Waals surface area contributed by atoms with Crippen molar-refractivity contribution in [3.8, 4) is 17.0 Å². The number of nitrogens with one attached hydrogen (secondary N) is 1. The molecule has 4 rings (SSSR count). The lowest BCUT2D eigenvalue weighted by Gasteiger charge is -2.30. The van der Waals surface area contributed by atoms with Crippen molar-refractivity contribution in [2.75, 3.05) is 25.5 Å². The van der Waals surface area contributed by atoms with Crippen LogP contribution in [0.15, 0.2) is 42.5 Å². The van der Waals surface area contributed by atoms with Crippen molar-refractivity contribution in [2.45, 2.75) is 25.8 Å². The third-order valence-corrected chi connectivity index (χ3v) is 5.26. The molecule has 0 spiro atoms. The lowest BCUT2D eigenvalue weighted by Crippen LogP contribution is -2.40. The Morgan fingerprint density at radius 1 is 1.21 bits per heavy atom. The van der Waals surface area contributed by atoms with E-state index in [1.54, 1.807) is 6.07 Å². The summed E-state index contributed by atoms with van der Waals surface area (Å²) >= 11 is 0. The number of fused-ring (bicyclic) bond motifs is 1. The van der Waals surface area contributed by atoms with Gasteiger partial charge in [-0.15, -0.1) is 10.2 Å². The smallest absolute Gasteiger partial charge is 0.409 e. The Bertz CT molecular complexity index is 1050. The summed E-state index contributed by atoms with van der Waals surface area (Å²) in [5.74, 6) is 1.15. The van der Waals surface area contributed by atoms with Gasteiger partial charge < -0.3 is 20.7 Å². The number of ether oxygens (including phenoxy) is 1. The molecule has 3 aromatic rings. The molecule has 7 heteroatoms. The Morgan fingerprint density at radius 2 is 2.00 bits per heavy atom. The Morgan fingerprint density at radius 3 is 2.76 bits per heavy atom. The highest BCUT2D eigenvalue weighted by molar-refractivity contribution is 6.01. The molecule has 0 saturated carbocycles. The van der Waals surface area contributed by atoms with E-state index in [-0.39, 0.29) is 0 Å². The molecule has 1 aliphatic rings. The van der Waals surface area contributed by atoms with Crippen molar-refractivity contribution in [3.63, 3.8) is 0 Å². The third kappa shape index (κ3) is 4.14. The van der Waals surface area contributed by atoms with Crippen LogP contribution in [-0.2, 0) is 0 Å². The quantitative estimate of drug-likeness (QED) is 0.706. The molecule has 0 radical (unpaired) electrons. The van der Waals surface area contributed by atoms with Crippen molar-refractivity contribution in [1.82, 2.24) is 15.1 Å². The summed E-state index contributed by atoms with van der Waals surface area (Å²) in [4.78, 5) is 13.7. The van der Waals surface area contributed by atoms with Gasteiger partial charge in [-0.3, -0.25) is 0 Å². The van der Waals surface area contributed by atoms with Gasteiger partial charge in [-0.2, -0.15) is 0 Å². The van der Waals surface area contributed by atoms with E-state index in [2.05, 4.69) is 27.5 Å². The summed E-state index contributed by atoms with van der Waals surface area (Å²) < 4.78 is 5.24. The number of nitrogens with two attached hydrogens (primary N) is 1. The third-order valence-electron chi connectivity index (χ3n) is 5.26. The maximum atomic E-state index is 11.4. The fourth-order valence-corrected chi connectivity index (χ4v) is 3.90. The highest BCUT2D eigenvalue weighted by Gasteiger charge is 2.20. The van der Waals surface area contributed by atoms with Crippen LogP contribution in [0.1, 0.15) is 18.4 Å². The number of benzene rings is 2. The molecule has 1 saturated heterocycles. The molecule has 1 unspecified atom stereocenters. The summed E-state index contributed by atoms with van der Waals surface area (Å²) in [6.07, 6.45) is 1.42. The van der Waals surface area contributed by atoms with Gasteiger partial charge in [0.05, 0.1) is 0 Å². The van der Waals surface area contributed by atoms with Crippen molar-refractivity contribution in [2.24, 2.45) is 5.73 Å². The summed E-state index contributed by atoms with van der Waals surface area (Å²) in [5, 5.41) is 14.5. The molecule has 0 bridgehead atoms. The van der Waals surface area contributed by atoms with Crippen LogP contribution < -0.4 is 15.8 Å². The first-order chi connectivity index (χ1) is 14.0. The number of likely N-dealkylation sites (tertiary alicyclic amines) is 1. The zero-order valence-corrected chi connectivity index (χ0v) is 16.7. The number of aryl methyl sites for hydroxylation is 1. The fourth-order valence-electron chi connectivity index (χ4n) is 3.90. The van der Waals surface area contributed by atoms with Crippen LogP contribution in [0.5, 0.6) is 5.75 Å². The Hall–Kier alpha value is -3.19. The number of amides is 1. The summed E-state index contributed by atoms with van der Waals surface area (Å²) in [6, 6.07) is 13.9. The van der Waals surface area contributed by atoms with Crippen LogP contribution in [0.2, 0.25) is 0 Å². The van der Waals surface area contributed by atoms with Gasteiger partial charge >= 0.3 is 6.09 Å². The van der Waals surface area contributed by atoms with Gasteiger partial charge in [0.15, 0.2) is 5.82 Å². The molecule has 1 aromatic heterocycles. The van der Waals surface area contributed by atoms with Crippen LogP contribution in [0, 0.1) is 6.92 Å².